The minimum absolute atomic E-state index is 0.00970. The van der Waals surface area contributed by atoms with Crippen LogP contribution in [0.2, 0.25) is 0 Å². The summed E-state index contributed by atoms with van der Waals surface area (Å²) >= 11 is 30.3. The first-order chi connectivity index (χ1) is 69.5. The highest BCUT2D eigenvalue weighted by Gasteiger charge is 2.53. The molecule has 28 atom stereocenters. The molecule has 0 bridgehead atoms. The fourth-order valence-corrected chi connectivity index (χ4v) is 27.5. The molecular formula is C72H94N27O34P7S7. The molecule has 11 aromatic heterocycles. The van der Waals surface area contributed by atoms with E-state index in [1.807, 2.05) is 0 Å². The molecule has 0 aromatic carbocycles. The number of nitrogen functional groups attached to an aromatic ring is 5. The number of anilines is 5. The first kappa shape index (κ1) is 109. The molecule has 75 heteroatoms. The van der Waals surface area contributed by atoms with E-state index in [-0.39, 0.29) is 130 Å². The molecule has 7 fully saturated rings. The summed E-state index contributed by atoms with van der Waals surface area (Å²) < 4.78 is 239. The normalized spacial score (nSPS) is 29.4. The molecule has 61 nitrogen and oxygen atoms in total. The van der Waals surface area contributed by atoms with Gasteiger partial charge in [0.2, 0.25) is 5.95 Å². The second-order valence-electron chi connectivity index (χ2n) is 34.2. The number of imidazole rings is 4. The summed E-state index contributed by atoms with van der Waals surface area (Å²) in [6.07, 6.45) is -15.6. The van der Waals surface area contributed by atoms with Crippen molar-refractivity contribution in [3.8, 4) is 0 Å². The number of fused-ring (bicyclic) bond motifs is 4. The lowest BCUT2D eigenvalue weighted by molar-refractivity contribution is -0.0528. The van der Waals surface area contributed by atoms with Crippen LogP contribution >= 0.6 is 133 Å². The van der Waals surface area contributed by atoms with Gasteiger partial charge in [-0.05, 0) is 27.2 Å². The third-order valence-electron chi connectivity index (χ3n) is 24.4. The van der Waals surface area contributed by atoms with Gasteiger partial charge in [-0.25, -0.2) is 96.2 Å². The minimum Gasteiger partial charge on any atom is -0.383 e. The zero-order valence-electron chi connectivity index (χ0n) is 76.8. The van der Waals surface area contributed by atoms with E-state index in [0.29, 0.717) is 5.56 Å². The molecule has 7 unspecified atom stereocenters. The average molecular weight is 2320 g/mol. The van der Waals surface area contributed by atoms with E-state index >= 15 is 13.7 Å². The van der Waals surface area contributed by atoms with E-state index in [1.165, 1.54) is 88.7 Å². The number of rotatable bonds is 41. The predicted octanol–water partition coefficient (Wildman–Crippen LogP) is 6.96. The second-order valence-corrected chi connectivity index (χ2v) is 54.4. The first-order valence-electron chi connectivity index (χ1n) is 44.1. The van der Waals surface area contributed by atoms with Crippen LogP contribution in [-0.2, 0) is 128 Å². The van der Waals surface area contributed by atoms with Crippen LogP contribution in [0, 0.1) is 20.8 Å². The Balaban J connectivity index is 0.561. The number of H-pyrrole nitrogens is 3. The van der Waals surface area contributed by atoms with Crippen molar-refractivity contribution >= 4 is 207 Å². The van der Waals surface area contributed by atoms with Gasteiger partial charge in [-0.3, -0.25) is 120 Å². The summed E-state index contributed by atoms with van der Waals surface area (Å²) in [6, 6.07) is 0. The lowest BCUT2D eigenvalue weighted by Gasteiger charge is -2.27. The molecule has 147 heavy (non-hydrogen) atoms. The monoisotopic (exact) mass is 2320 g/mol. The first-order valence-corrected chi connectivity index (χ1v) is 63.0. The summed E-state index contributed by atoms with van der Waals surface area (Å²) in [5, 5.41) is 0. The van der Waals surface area contributed by atoms with Crippen molar-refractivity contribution in [1.82, 2.24) is 107 Å². The van der Waals surface area contributed by atoms with Crippen molar-refractivity contribution < 1.29 is 128 Å². The summed E-state index contributed by atoms with van der Waals surface area (Å²) in [7, 11) is 1.09. The highest BCUT2D eigenvalue weighted by molar-refractivity contribution is 8.46. The Labute approximate surface area is 862 Å². The lowest BCUT2D eigenvalue weighted by Crippen LogP contribution is -2.33. The van der Waals surface area contributed by atoms with E-state index in [2.05, 4.69) is 161 Å². The zero-order chi connectivity index (χ0) is 105. The zero-order valence-corrected chi connectivity index (χ0v) is 89.3. The Hall–Kier alpha value is -7.54. The molecule has 18 heterocycles. The standard InChI is InChI=1S/C72H94N27O34P7S7/c1-6-33-34(7-47(120-33)94-15-31(3)66(100)91-71(94)104)128-135(107,142)114-18-42-36(8-48(121-42)93-14-30(2)58(73)88-70(93)103)129-136(108,143)116-19-43-37(9-49(122-43)95-16-32(4)67(101)92-72(95)105)130-137(109,144)117-20-44-39(12-51(123-44)97-27-85-55-60(75)79-24-82-63(55)97)132-139(111,146)119-22-46-40(13-52(125-46)98-28-86-56-61(76)80-25-83-64(56)98)133-140(112,147)118-21-45-38(11-50(124-45)96-26-84-54-59(74)78-23-81-62(54)96)131-138(110,145)115-17-41-35(127-134(106,141)113-5)10-53(126-41)99-29-87-57-65(99)89-69(77)90-68(57)102/h14-16,23-29,33-53H,6-13,17-22H2,1-5H3,(H,106,141)(H,107,142)(H,108,143)(H,109,144)(H,110,145)(H,111,146)(H,112,147)(H2,73,88,103)(H2,74,78,81)(H2,75,79,82)(H2,76,80,83)(H,91,100,104)(H,92,101,105)(H3,77,89,90,102)/t33-,34-,35-,36-,37-,38-,39-,40-,41-,42-,43-,44-,45-,46-,47-,48-,49-,50-,51-,52-,53-,134?,135?,136?,137?,138?,139?,140?/m1/s1. The number of aryl methyl sites for hydroxylation is 3. The van der Waals surface area contributed by atoms with Gasteiger partial charge >= 0.3 is 64.7 Å². The largest absolute Gasteiger partial charge is 0.386 e. The SMILES string of the molecule is CC[C@H]1O[C@@H](n2cc(C)c(=O)[nH]c2=O)C[C@H]1OP(=O)(S)OC[C@H]1O[C@@H](n2cc(C)c(N)nc2=O)C[C@H]1OP(=O)(S)OC[C@H]1O[C@@H](n2cc(C)c(=O)[nH]c2=O)C[C@H]1OP(=O)(S)OC[C@H]1O[C@@H](n2cnc3c(N)ncnc32)C[C@H]1OP(=O)(S)OC[C@H]1O[C@@H](n2cnc3c(N)ncnc32)C[C@H]1OP(=O)(S)OC[C@H]1O[C@@H](n2cnc3c(N)ncnc32)C[C@H]1OP(=O)(S)OC[C@H]1O[C@@H](n2cnc3c(=O)[nH]c(N)nc32)C[C@H]1OP(=O)(S)OC. The topological polar surface area (TPSA) is 782 Å². The van der Waals surface area contributed by atoms with Crippen LogP contribution in [0.5, 0.6) is 0 Å². The summed E-state index contributed by atoms with van der Waals surface area (Å²) in [6.45, 7) is -30.9. The van der Waals surface area contributed by atoms with Gasteiger partial charge in [0, 0.05) is 87.3 Å². The maximum Gasteiger partial charge on any atom is 0.386 e. The summed E-state index contributed by atoms with van der Waals surface area (Å²) in [5.74, 6) is -0.363. The lowest BCUT2D eigenvalue weighted by atomic mass is 10.1. The van der Waals surface area contributed by atoms with Gasteiger partial charge in [-0.15, -0.1) is 0 Å². The highest BCUT2D eigenvalue weighted by Crippen LogP contribution is 2.65. The Morgan fingerprint density at radius 2 is 0.592 bits per heavy atom. The molecule has 7 aliphatic heterocycles. The number of hydrogen-bond acceptors (Lipinski definition) is 51. The van der Waals surface area contributed by atoms with Crippen molar-refractivity contribution in [2.45, 2.75) is 208 Å². The summed E-state index contributed by atoms with van der Waals surface area (Å²) in [4.78, 5) is 135. The van der Waals surface area contributed by atoms with E-state index in [1.54, 1.807) is 13.8 Å². The van der Waals surface area contributed by atoms with Crippen molar-refractivity contribution in [3.63, 3.8) is 0 Å². The van der Waals surface area contributed by atoms with Gasteiger partial charge < -0.3 is 66.4 Å². The maximum atomic E-state index is 15.2. The van der Waals surface area contributed by atoms with Crippen LogP contribution in [0.15, 0.2) is 91.6 Å². The van der Waals surface area contributed by atoms with Crippen molar-refractivity contribution in [2.24, 2.45) is 0 Å². The highest BCUT2D eigenvalue weighted by atomic mass is 32.7. The molecule has 13 N–H and O–H groups in total. The molecule has 0 amide bonds. The fraction of sp³-hybridized carbons (Fsp3) is 0.556. The molecule has 7 aliphatic rings. The van der Waals surface area contributed by atoms with Crippen LogP contribution in [0.25, 0.3) is 44.7 Å². The van der Waals surface area contributed by atoms with Gasteiger partial charge in [-0.2, -0.15) is 9.97 Å². The van der Waals surface area contributed by atoms with Crippen LogP contribution in [0.1, 0.15) is 119 Å². The molecule has 0 spiro atoms. The van der Waals surface area contributed by atoms with Gasteiger partial charge in [0.05, 0.1) is 77.2 Å². The Morgan fingerprint density at radius 1 is 0.327 bits per heavy atom. The third kappa shape index (κ3) is 24.8. The number of nitrogens with zero attached hydrogens (tertiary/aromatic N) is 19. The number of nitrogens with one attached hydrogen (secondary N) is 3. The third-order valence-corrected chi connectivity index (χ3v) is 36.1. The maximum absolute atomic E-state index is 15.2. The van der Waals surface area contributed by atoms with Crippen molar-refractivity contribution in [1.29, 1.82) is 0 Å². The smallest absolute Gasteiger partial charge is 0.383 e. The van der Waals surface area contributed by atoms with Crippen LogP contribution in [0.3, 0.4) is 0 Å². The van der Waals surface area contributed by atoms with Gasteiger partial charge in [-0.1, -0.05) is 92.7 Å². The number of ether oxygens (including phenoxy) is 7. The number of aromatic amines is 3. The van der Waals surface area contributed by atoms with E-state index < -0.39 is 256 Å². The quantitative estimate of drug-likeness (QED) is 0.0136. The molecule has 11 aromatic rings. The van der Waals surface area contributed by atoms with E-state index in [0.717, 1.165) is 27.1 Å². The van der Waals surface area contributed by atoms with E-state index in [4.69, 9.17) is 125 Å². The molecule has 798 valence electrons. The van der Waals surface area contributed by atoms with Crippen LogP contribution in [0.4, 0.5) is 29.2 Å². The van der Waals surface area contributed by atoms with Crippen LogP contribution < -0.4 is 62.4 Å². The molecule has 0 saturated carbocycles. The number of thiol groups is 7. The average Bonchev–Trinajstić information content (AvgIpc) is 1.45. The Morgan fingerprint density at radius 3 is 0.898 bits per heavy atom. The molecule has 0 radical (unpaired) electrons. The number of nitrogens with two attached hydrogens (primary N) is 5. The van der Waals surface area contributed by atoms with E-state index in [9.17, 15) is 47.0 Å². The Bertz CT molecular complexity index is 7600. The van der Waals surface area contributed by atoms with Crippen molar-refractivity contribution in [2.75, 3.05) is 75.4 Å². The molecule has 7 saturated heterocycles. The van der Waals surface area contributed by atoms with Gasteiger partial charge in [0.1, 0.15) is 158 Å². The molecule has 18 rings (SSSR count). The van der Waals surface area contributed by atoms with Gasteiger partial charge in [0.25, 0.3) is 16.7 Å². The van der Waals surface area contributed by atoms with Gasteiger partial charge in [0.15, 0.2) is 45.6 Å². The minimum atomic E-state index is -4.88. The number of aromatic nitrogens is 22. The number of hydrogen-bond donors (Lipinski definition) is 15. The fourth-order valence-electron chi connectivity index (χ4n) is 17.3. The Kier molecular flexibility index (Phi) is 32.5. The second kappa shape index (κ2) is 43.8. The summed E-state index contributed by atoms with van der Waals surface area (Å²) in [5.41, 5.74) is 27.3. The van der Waals surface area contributed by atoms with Crippen LogP contribution in [-0.4, -0.2) is 239 Å². The molecule has 0 aliphatic carbocycles. The predicted molar refractivity (Wildman–Crippen MR) is 534 cm³/mol. The van der Waals surface area contributed by atoms with Crippen molar-refractivity contribution in [3.05, 3.63) is 142 Å². The molecular weight excluding hydrogens is 2230 g/mol.